The van der Waals surface area contributed by atoms with E-state index < -0.39 is 17.8 Å². The van der Waals surface area contributed by atoms with Crippen LogP contribution >= 0.6 is 0 Å². The average molecular weight is 524 g/mol. The number of carboxylic acids is 1. The molecular formula is C30H38FN3O4. The van der Waals surface area contributed by atoms with Crippen LogP contribution in [0.5, 0.6) is 0 Å². The molecule has 2 saturated heterocycles. The molecule has 3 aliphatic heterocycles. The molecule has 38 heavy (non-hydrogen) atoms. The van der Waals surface area contributed by atoms with Gasteiger partial charge in [-0.3, -0.25) is 9.69 Å². The number of nitrogens with zero attached hydrogens (tertiary/aromatic N) is 2. The molecule has 1 saturated carbocycles. The summed E-state index contributed by atoms with van der Waals surface area (Å²) in [5.74, 6) is -0.328. The zero-order valence-corrected chi connectivity index (χ0v) is 22.0. The highest BCUT2D eigenvalue weighted by molar-refractivity contribution is 5.76. The Morgan fingerprint density at radius 1 is 1.29 bits per heavy atom. The third-order valence-corrected chi connectivity index (χ3v) is 8.76. The number of halogens is 1. The van der Waals surface area contributed by atoms with E-state index in [9.17, 15) is 14.3 Å². The first-order valence-corrected chi connectivity index (χ1v) is 14.2. The Bertz CT molecular complexity index is 1170. The molecule has 6 rings (SSSR count). The molecule has 1 aromatic heterocycles. The van der Waals surface area contributed by atoms with Gasteiger partial charge in [0.2, 0.25) is 0 Å². The van der Waals surface area contributed by atoms with Crippen LogP contribution in [0.25, 0.3) is 0 Å². The van der Waals surface area contributed by atoms with E-state index in [1.54, 1.807) is 6.07 Å². The second-order valence-electron chi connectivity index (χ2n) is 11.6. The van der Waals surface area contributed by atoms with E-state index in [0.717, 1.165) is 81.4 Å². The van der Waals surface area contributed by atoms with Gasteiger partial charge in [-0.05, 0) is 98.1 Å². The van der Waals surface area contributed by atoms with Gasteiger partial charge in [0.15, 0.2) is 0 Å². The van der Waals surface area contributed by atoms with Crippen LogP contribution in [0, 0.1) is 11.2 Å². The Hall–Kier alpha value is -2.55. The molecule has 3 atom stereocenters. The zero-order chi connectivity index (χ0) is 26.1. The molecule has 1 unspecified atom stereocenters. The van der Waals surface area contributed by atoms with Gasteiger partial charge in [0, 0.05) is 31.9 Å². The summed E-state index contributed by atoms with van der Waals surface area (Å²) in [5, 5.41) is 13.6. The number of carbonyl (C=O) groups is 1. The summed E-state index contributed by atoms with van der Waals surface area (Å²) in [5.41, 5.74) is 4.01. The SMILES string of the molecule is O=C(O)[C@H](c1cc(F)ccc1C1CC2(CC2)CO1)N1CC[C@@H](OCCCCc2ccc3c(n2)NCCC3)C1. The van der Waals surface area contributed by atoms with Crippen LogP contribution in [0.1, 0.15) is 79.5 Å². The number of likely N-dealkylation sites (tertiary alicyclic amines) is 1. The topological polar surface area (TPSA) is 83.9 Å². The maximum absolute atomic E-state index is 14.3. The van der Waals surface area contributed by atoms with Gasteiger partial charge in [-0.2, -0.15) is 0 Å². The predicted molar refractivity (Wildman–Crippen MR) is 142 cm³/mol. The van der Waals surface area contributed by atoms with Crippen molar-refractivity contribution in [1.29, 1.82) is 0 Å². The minimum Gasteiger partial charge on any atom is -0.480 e. The Labute approximate surface area is 223 Å². The van der Waals surface area contributed by atoms with E-state index in [-0.39, 0.29) is 17.6 Å². The van der Waals surface area contributed by atoms with Crippen LogP contribution in [0.3, 0.4) is 0 Å². The summed E-state index contributed by atoms with van der Waals surface area (Å²) in [6, 6.07) is 7.97. The third-order valence-electron chi connectivity index (χ3n) is 8.76. The van der Waals surface area contributed by atoms with Crippen molar-refractivity contribution >= 4 is 11.8 Å². The smallest absolute Gasteiger partial charge is 0.325 e. The van der Waals surface area contributed by atoms with Crippen molar-refractivity contribution in [2.45, 2.75) is 76.0 Å². The van der Waals surface area contributed by atoms with Crippen LogP contribution in [-0.4, -0.2) is 59.9 Å². The summed E-state index contributed by atoms with van der Waals surface area (Å²) >= 11 is 0. The van der Waals surface area contributed by atoms with Crippen LogP contribution in [0.2, 0.25) is 0 Å². The number of hydrogen-bond acceptors (Lipinski definition) is 6. The van der Waals surface area contributed by atoms with Crippen molar-refractivity contribution in [2.24, 2.45) is 5.41 Å². The number of nitrogens with one attached hydrogen (secondary N) is 1. The highest BCUT2D eigenvalue weighted by Crippen LogP contribution is 2.58. The van der Waals surface area contributed by atoms with Crippen molar-refractivity contribution in [1.82, 2.24) is 9.88 Å². The lowest BCUT2D eigenvalue weighted by Gasteiger charge is -2.28. The number of unbranched alkanes of at least 4 members (excludes halogenated alkanes) is 1. The van der Waals surface area contributed by atoms with Gasteiger partial charge in [0.1, 0.15) is 17.7 Å². The number of aromatic nitrogens is 1. The molecule has 2 N–H and O–H groups in total. The second-order valence-corrected chi connectivity index (χ2v) is 11.6. The summed E-state index contributed by atoms with van der Waals surface area (Å²) in [4.78, 5) is 19.2. The summed E-state index contributed by atoms with van der Waals surface area (Å²) in [6.45, 7) is 3.49. The molecule has 2 aromatic rings. The van der Waals surface area contributed by atoms with Crippen molar-refractivity contribution in [3.63, 3.8) is 0 Å². The van der Waals surface area contributed by atoms with Crippen LogP contribution < -0.4 is 5.32 Å². The molecular weight excluding hydrogens is 485 g/mol. The van der Waals surface area contributed by atoms with Crippen molar-refractivity contribution < 1.29 is 23.8 Å². The largest absolute Gasteiger partial charge is 0.480 e. The number of rotatable bonds is 10. The van der Waals surface area contributed by atoms with Crippen LogP contribution in [-0.2, 0) is 27.1 Å². The Morgan fingerprint density at radius 3 is 3.00 bits per heavy atom. The molecule has 7 nitrogen and oxygen atoms in total. The Balaban J connectivity index is 1.02. The number of pyridine rings is 1. The molecule has 8 heteroatoms. The maximum Gasteiger partial charge on any atom is 0.325 e. The van der Waals surface area contributed by atoms with Crippen molar-refractivity contribution in [3.05, 3.63) is 58.5 Å². The Morgan fingerprint density at radius 2 is 2.18 bits per heavy atom. The highest BCUT2D eigenvalue weighted by Gasteiger charge is 2.50. The number of aliphatic carboxylic acids is 1. The van der Waals surface area contributed by atoms with E-state index >= 15 is 0 Å². The zero-order valence-electron chi connectivity index (χ0n) is 22.0. The summed E-state index contributed by atoms with van der Waals surface area (Å²) < 4.78 is 26.6. The van der Waals surface area contributed by atoms with Gasteiger partial charge in [0.05, 0.1) is 18.8 Å². The number of benzene rings is 1. The Kier molecular flexibility index (Phi) is 7.38. The number of aryl methyl sites for hydroxylation is 2. The molecule has 1 aliphatic carbocycles. The van der Waals surface area contributed by atoms with E-state index in [1.807, 2.05) is 4.90 Å². The fourth-order valence-electron chi connectivity index (χ4n) is 6.37. The first-order chi connectivity index (χ1) is 18.5. The third kappa shape index (κ3) is 5.58. The molecule has 3 fully saturated rings. The van der Waals surface area contributed by atoms with Crippen LogP contribution in [0.15, 0.2) is 30.3 Å². The van der Waals surface area contributed by atoms with E-state index in [2.05, 4.69) is 17.4 Å². The van der Waals surface area contributed by atoms with Crippen molar-refractivity contribution in [2.75, 3.05) is 38.2 Å². The highest BCUT2D eigenvalue weighted by atomic mass is 19.1. The lowest BCUT2D eigenvalue weighted by molar-refractivity contribution is -0.143. The minimum atomic E-state index is -0.955. The fourth-order valence-corrected chi connectivity index (χ4v) is 6.37. The second kappa shape index (κ2) is 10.9. The quantitative estimate of drug-likeness (QED) is 0.421. The number of carboxylic acid groups (broad SMARTS) is 1. The van der Waals surface area contributed by atoms with Crippen LogP contribution in [0.4, 0.5) is 10.2 Å². The number of ether oxygens (including phenoxy) is 2. The van der Waals surface area contributed by atoms with Gasteiger partial charge >= 0.3 is 5.97 Å². The van der Waals surface area contributed by atoms with Gasteiger partial charge in [-0.25, -0.2) is 9.37 Å². The lowest BCUT2D eigenvalue weighted by atomic mass is 9.91. The first kappa shape index (κ1) is 25.7. The molecule has 0 bridgehead atoms. The van der Waals surface area contributed by atoms with E-state index in [0.29, 0.717) is 31.9 Å². The molecule has 4 aliphatic rings. The number of anilines is 1. The number of hydrogen-bond donors (Lipinski definition) is 2. The minimum absolute atomic E-state index is 0.0163. The van der Waals surface area contributed by atoms with Gasteiger partial charge < -0.3 is 19.9 Å². The van der Waals surface area contributed by atoms with Gasteiger partial charge in [-0.15, -0.1) is 0 Å². The molecule has 204 valence electrons. The molecule has 1 aromatic carbocycles. The molecule has 4 heterocycles. The van der Waals surface area contributed by atoms with E-state index in [1.165, 1.54) is 17.7 Å². The van der Waals surface area contributed by atoms with Crippen molar-refractivity contribution in [3.8, 4) is 0 Å². The lowest BCUT2D eigenvalue weighted by Crippen LogP contribution is -2.34. The summed E-state index contributed by atoms with van der Waals surface area (Å²) in [6.07, 6.45) is 8.91. The standard InChI is InChI=1S/C30H38FN3O4/c31-21-7-9-24(26-17-30(11-12-30)19-38-26)25(16-21)27(29(35)36)34-14-10-23(18-34)37-15-2-1-5-22-8-6-20-4-3-13-32-28(20)33-22/h6-9,16,23,26-27H,1-5,10-15,17-19H2,(H,32,33)(H,35,36)/t23-,26?,27+/m1/s1. The fraction of sp³-hybridized carbons (Fsp3) is 0.600. The monoisotopic (exact) mass is 523 g/mol. The van der Waals surface area contributed by atoms with Gasteiger partial charge in [0.25, 0.3) is 0 Å². The predicted octanol–water partition coefficient (Wildman–Crippen LogP) is 5.06. The van der Waals surface area contributed by atoms with E-state index in [4.69, 9.17) is 14.5 Å². The molecule has 1 spiro atoms. The average Bonchev–Trinajstić information content (AvgIpc) is 3.30. The first-order valence-electron chi connectivity index (χ1n) is 14.2. The molecule has 0 radical (unpaired) electrons. The number of fused-ring (bicyclic) bond motifs is 1. The normalized spacial score (nSPS) is 24.8. The maximum atomic E-state index is 14.3. The van der Waals surface area contributed by atoms with Gasteiger partial charge in [-0.1, -0.05) is 12.1 Å². The molecule has 0 amide bonds. The summed E-state index contributed by atoms with van der Waals surface area (Å²) in [7, 11) is 0.